The number of hydrogen-bond acceptors (Lipinski definition) is 6. The van der Waals surface area contributed by atoms with Crippen molar-refractivity contribution in [1.82, 2.24) is 20.2 Å². The first-order chi connectivity index (χ1) is 20.9. The Kier molecular flexibility index (Phi) is 8.04. The van der Waals surface area contributed by atoms with Crippen LogP contribution in [0.3, 0.4) is 0 Å². The number of aromatic nitrogens is 2. The van der Waals surface area contributed by atoms with Gasteiger partial charge >= 0.3 is 5.97 Å². The van der Waals surface area contributed by atoms with Crippen molar-refractivity contribution in [2.45, 2.75) is 19.0 Å². The van der Waals surface area contributed by atoms with Crippen molar-refractivity contribution >= 4 is 33.4 Å². The Bertz CT molecular complexity index is 1810. The van der Waals surface area contributed by atoms with Crippen LogP contribution in [0.5, 0.6) is 0 Å². The number of hydrogen-bond donors (Lipinski definition) is 2. The molecule has 0 radical (unpaired) electrons. The molecule has 0 aliphatic carbocycles. The topological polar surface area (TPSA) is 105 Å². The quantitative estimate of drug-likeness (QED) is 0.266. The van der Waals surface area contributed by atoms with E-state index in [4.69, 9.17) is 4.74 Å². The summed E-state index contributed by atoms with van der Waals surface area (Å²) in [4.78, 5) is 36.1. The van der Waals surface area contributed by atoms with Crippen molar-refractivity contribution < 1.29 is 28.2 Å². The van der Waals surface area contributed by atoms with Gasteiger partial charge in [-0.15, -0.1) is 0 Å². The highest BCUT2D eigenvalue weighted by atomic mass is 19.1. The lowest BCUT2D eigenvalue weighted by molar-refractivity contribution is -0.139. The molecule has 218 valence electrons. The van der Waals surface area contributed by atoms with Gasteiger partial charge in [0.15, 0.2) is 0 Å². The molecule has 5 aromatic rings. The number of nitrogens with one attached hydrogen (secondary N) is 1. The standard InChI is InChI=1S/C33H28F2N4O4/c34-27-15-20(19-39-11-13-43-14-12-39)16-28(35)30(27)32(40)38-29(33(41)42)17-22-3-1-5-24-23(22)4-2-6-25(24)31-26-18-36-9-7-21(26)8-10-37-31/h1-10,15-16,18,29H,11-14,17,19H2,(H,38,40)(H,41,42)/t29-/m0/s1. The van der Waals surface area contributed by atoms with Crippen molar-refractivity contribution in [1.29, 1.82) is 0 Å². The van der Waals surface area contributed by atoms with Crippen LogP contribution in [0.15, 0.2) is 79.3 Å². The number of nitrogens with zero attached hydrogens (tertiary/aromatic N) is 3. The molecule has 0 spiro atoms. The summed E-state index contributed by atoms with van der Waals surface area (Å²) in [6.07, 6.45) is 5.09. The Morgan fingerprint density at radius 2 is 1.67 bits per heavy atom. The second-order valence-corrected chi connectivity index (χ2v) is 10.5. The first-order valence-electron chi connectivity index (χ1n) is 13.9. The SMILES string of the molecule is O=C(N[C@@H](Cc1cccc2c(-c3nccc4ccncc34)cccc12)C(=O)O)c1c(F)cc(CN2CCOCC2)cc1F. The molecule has 6 rings (SSSR count). The van der Waals surface area contributed by atoms with Crippen LogP contribution in [0, 0.1) is 11.6 Å². The average Bonchev–Trinajstić information content (AvgIpc) is 3.00. The molecule has 1 fully saturated rings. The number of aliphatic carboxylic acids is 1. The van der Waals surface area contributed by atoms with Gasteiger partial charge in [-0.25, -0.2) is 13.6 Å². The number of carbonyl (C=O) groups excluding carboxylic acids is 1. The summed E-state index contributed by atoms with van der Waals surface area (Å²) in [5.41, 5.74) is 1.79. The van der Waals surface area contributed by atoms with E-state index in [1.54, 1.807) is 30.7 Å². The van der Waals surface area contributed by atoms with Gasteiger partial charge in [0, 0.05) is 55.6 Å². The lowest BCUT2D eigenvalue weighted by Gasteiger charge is -2.26. The van der Waals surface area contributed by atoms with E-state index in [2.05, 4.69) is 15.3 Å². The third-order valence-corrected chi connectivity index (χ3v) is 7.70. The third-order valence-electron chi connectivity index (χ3n) is 7.70. The second kappa shape index (κ2) is 12.2. The number of rotatable bonds is 8. The van der Waals surface area contributed by atoms with Crippen LogP contribution in [0.25, 0.3) is 32.8 Å². The average molecular weight is 583 g/mol. The summed E-state index contributed by atoms with van der Waals surface area (Å²) in [5, 5.41) is 15.8. The molecule has 2 N–H and O–H groups in total. The fourth-order valence-electron chi connectivity index (χ4n) is 5.59. The fraction of sp³-hybridized carbons (Fsp3) is 0.212. The zero-order chi connectivity index (χ0) is 29.9. The molecule has 1 saturated heterocycles. The second-order valence-electron chi connectivity index (χ2n) is 10.5. The first-order valence-corrected chi connectivity index (χ1v) is 13.9. The smallest absolute Gasteiger partial charge is 0.326 e. The van der Waals surface area contributed by atoms with E-state index >= 15 is 8.78 Å². The summed E-state index contributed by atoms with van der Waals surface area (Å²) in [5.74, 6) is -4.55. The number of carbonyl (C=O) groups is 2. The van der Waals surface area contributed by atoms with Crippen LogP contribution >= 0.6 is 0 Å². The van der Waals surface area contributed by atoms with Crippen molar-refractivity contribution in [3.05, 3.63) is 108 Å². The number of fused-ring (bicyclic) bond motifs is 2. The third kappa shape index (κ3) is 5.93. The number of ether oxygens (including phenoxy) is 1. The summed E-state index contributed by atoms with van der Waals surface area (Å²) >= 11 is 0. The Balaban J connectivity index is 1.27. The molecule has 3 heterocycles. The van der Waals surface area contributed by atoms with E-state index in [1.165, 1.54) is 0 Å². The molecule has 1 aliphatic rings. The Labute approximate surface area is 245 Å². The maximum Gasteiger partial charge on any atom is 0.326 e. The summed E-state index contributed by atoms with van der Waals surface area (Å²) in [7, 11) is 0. The van der Waals surface area contributed by atoms with Crippen LogP contribution in [-0.2, 0) is 22.5 Å². The first kappa shape index (κ1) is 28.3. The minimum absolute atomic E-state index is 0.106. The molecule has 1 atom stereocenters. The predicted octanol–water partition coefficient (Wildman–Crippen LogP) is 4.99. The van der Waals surface area contributed by atoms with E-state index in [0.717, 1.165) is 44.9 Å². The number of amides is 1. The normalized spacial score (nSPS) is 14.6. The summed E-state index contributed by atoms with van der Waals surface area (Å²) < 4.78 is 35.3. The monoisotopic (exact) mass is 582 g/mol. The van der Waals surface area contributed by atoms with Crippen molar-refractivity contribution in [3.8, 4) is 11.3 Å². The van der Waals surface area contributed by atoms with Crippen molar-refractivity contribution in [2.75, 3.05) is 26.3 Å². The molecule has 0 unspecified atom stereocenters. The van der Waals surface area contributed by atoms with Gasteiger partial charge in [0.05, 0.1) is 18.9 Å². The van der Waals surface area contributed by atoms with E-state index in [1.807, 2.05) is 41.3 Å². The van der Waals surface area contributed by atoms with Gasteiger partial charge in [0.25, 0.3) is 5.91 Å². The van der Waals surface area contributed by atoms with E-state index in [9.17, 15) is 14.7 Å². The maximum absolute atomic E-state index is 15.0. The van der Waals surface area contributed by atoms with Gasteiger partial charge in [-0.2, -0.15) is 0 Å². The number of benzene rings is 3. The molecule has 2 aromatic heterocycles. The molecule has 1 amide bonds. The molecule has 0 bridgehead atoms. The van der Waals surface area contributed by atoms with Crippen LogP contribution in [0.4, 0.5) is 8.78 Å². The van der Waals surface area contributed by atoms with Crippen molar-refractivity contribution in [2.24, 2.45) is 0 Å². The Morgan fingerprint density at radius 3 is 2.44 bits per heavy atom. The Hall–Kier alpha value is -4.80. The van der Waals surface area contributed by atoms with E-state index in [-0.39, 0.29) is 6.42 Å². The van der Waals surface area contributed by atoms with Gasteiger partial charge in [0.1, 0.15) is 23.2 Å². The van der Waals surface area contributed by atoms with Crippen LogP contribution in [-0.4, -0.2) is 64.2 Å². The largest absolute Gasteiger partial charge is 0.480 e. The lowest BCUT2D eigenvalue weighted by Crippen LogP contribution is -2.43. The molecule has 8 nitrogen and oxygen atoms in total. The molecule has 1 aliphatic heterocycles. The Morgan fingerprint density at radius 1 is 0.953 bits per heavy atom. The maximum atomic E-state index is 15.0. The zero-order valence-corrected chi connectivity index (χ0v) is 23.1. The summed E-state index contributed by atoms with van der Waals surface area (Å²) in [6, 6.07) is 15.8. The zero-order valence-electron chi connectivity index (χ0n) is 23.1. The van der Waals surface area contributed by atoms with E-state index in [0.29, 0.717) is 44.0 Å². The number of morpholine rings is 1. The van der Waals surface area contributed by atoms with Gasteiger partial charge < -0.3 is 15.2 Å². The minimum atomic E-state index is -1.44. The van der Waals surface area contributed by atoms with Crippen LogP contribution in [0.2, 0.25) is 0 Å². The van der Waals surface area contributed by atoms with Crippen molar-refractivity contribution in [3.63, 3.8) is 0 Å². The number of carboxylic acids is 1. The molecule has 10 heteroatoms. The van der Waals surface area contributed by atoms with Crippen LogP contribution < -0.4 is 5.32 Å². The number of pyridine rings is 2. The van der Waals surface area contributed by atoms with E-state index < -0.39 is 35.1 Å². The molecule has 43 heavy (non-hydrogen) atoms. The highest BCUT2D eigenvalue weighted by molar-refractivity contribution is 6.04. The van der Waals surface area contributed by atoms with Gasteiger partial charge in [0.2, 0.25) is 0 Å². The van der Waals surface area contributed by atoms with Gasteiger partial charge in [-0.3, -0.25) is 19.7 Å². The number of halogens is 2. The van der Waals surface area contributed by atoms with Gasteiger partial charge in [-0.05, 0) is 51.6 Å². The minimum Gasteiger partial charge on any atom is -0.480 e. The predicted molar refractivity (Wildman–Crippen MR) is 158 cm³/mol. The lowest BCUT2D eigenvalue weighted by atomic mass is 9.93. The molecule has 3 aromatic carbocycles. The highest BCUT2D eigenvalue weighted by Crippen LogP contribution is 2.33. The molecule has 0 saturated carbocycles. The van der Waals surface area contributed by atoms with Gasteiger partial charge in [-0.1, -0.05) is 36.4 Å². The fourth-order valence-corrected chi connectivity index (χ4v) is 5.59. The molecular weight excluding hydrogens is 554 g/mol. The molecular formula is C33H28F2N4O4. The van der Waals surface area contributed by atoms with Crippen LogP contribution in [0.1, 0.15) is 21.5 Å². The number of carboxylic acid groups (broad SMARTS) is 1. The summed E-state index contributed by atoms with van der Waals surface area (Å²) in [6.45, 7) is 2.66. The highest BCUT2D eigenvalue weighted by Gasteiger charge is 2.26.